The first-order chi connectivity index (χ1) is 25.9. The van der Waals surface area contributed by atoms with Gasteiger partial charge in [0.2, 0.25) is 11.8 Å². The molecule has 4 aliphatic rings. The smallest absolute Gasteiger partial charge is 0.313 e. The molecule has 0 saturated carbocycles. The molecule has 2 fully saturated rings. The number of carbonyl (C=O) groups is 4. The number of aliphatic hydroxyl groups is 1. The summed E-state index contributed by atoms with van der Waals surface area (Å²) in [5.41, 5.74) is 0.829. The summed E-state index contributed by atoms with van der Waals surface area (Å²) in [5, 5.41) is 10.9. The first-order valence-electron chi connectivity index (χ1n) is 19.2. The zero-order valence-electron chi connectivity index (χ0n) is 32.1. The molecule has 0 aliphatic carbocycles. The molecule has 2 saturated heterocycles. The lowest BCUT2D eigenvalue weighted by Gasteiger charge is -2.40. The van der Waals surface area contributed by atoms with E-state index in [0.29, 0.717) is 28.6 Å². The number of benzene rings is 2. The van der Waals surface area contributed by atoms with Gasteiger partial charge in [-0.2, -0.15) is 0 Å². The standard InChI is InChI=1S/C42H53BrN4O7/c1-7-26(4)32(25-48)47-38-40(51)46(30-21-19-29(20-22-30)45(8-2)9-3)23-15-11-14-18-33(49)44(6)27(5)36(28-16-12-10-13-17-28)53-41(52)34-35(39(47)50)42(38)24-31(43)37(34)54-42/h10-13,15-17,19-22,24,26-27,32,34-38,48H,7-9,14,18,23,25H2,1-6H3/b15-11-/t26-,27+,32-,34-,35+,36-,37-,38-,42+/m0/s1. The lowest BCUT2D eigenvalue weighted by atomic mass is 9.74. The second-order valence-electron chi connectivity index (χ2n) is 14.9. The minimum absolute atomic E-state index is 0.119. The number of likely N-dealkylation sites (N-methyl/N-ethyl adjacent to an activating group) is 1. The van der Waals surface area contributed by atoms with Gasteiger partial charge >= 0.3 is 5.97 Å². The fourth-order valence-corrected chi connectivity index (χ4v) is 9.42. The Morgan fingerprint density at radius 1 is 0.963 bits per heavy atom. The van der Waals surface area contributed by atoms with Gasteiger partial charge in [-0.3, -0.25) is 19.2 Å². The molecule has 0 aromatic heterocycles. The Hall–Kier alpha value is -4.00. The van der Waals surface area contributed by atoms with Gasteiger partial charge in [-0.25, -0.2) is 0 Å². The summed E-state index contributed by atoms with van der Waals surface area (Å²) in [4.78, 5) is 65.6. The van der Waals surface area contributed by atoms with Crippen LogP contribution in [0.25, 0.3) is 0 Å². The largest absolute Gasteiger partial charge is 0.455 e. The number of ether oxygens (including phenoxy) is 2. The van der Waals surface area contributed by atoms with Crippen molar-refractivity contribution < 1.29 is 33.8 Å². The second kappa shape index (κ2) is 16.4. The number of cyclic esters (lactones) is 1. The molecule has 54 heavy (non-hydrogen) atoms. The molecule has 2 aromatic carbocycles. The van der Waals surface area contributed by atoms with E-state index in [4.69, 9.17) is 9.47 Å². The third kappa shape index (κ3) is 6.90. The molecule has 6 rings (SSSR count). The Bertz CT molecular complexity index is 1770. The normalized spacial score (nSPS) is 30.6. The predicted molar refractivity (Wildman–Crippen MR) is 211 cm³/mol. The zero-order valence-corrected chi connectivity index (χ0v) is 33.6. The van der Waals surface area contributed by atoms with Crippen LogP contribution in [0.2, 0.25) is 0 Å². The number of hydrogen-bond acceptors (Lipinski definition) is 8. The molecule has 9 atom stereocenters. The van der Waals surface area contributed by atoms with E-state index < -0.39 is 65.6 Å². The summed E-state index contributed by atoms with van der Waals surface area (Å²) in [6.07, 6.45) is 5.13. The SMILES string of the molecule is CC[C@H](C)[C@H](CO)N1C(=O)[C@H]2[C@@H]3C(=O)O[C@H](c4ccccc4)[C@@H](C)N(C)C(=O)CC/C=C\CN(c4ccc(N(CC)CC)cc4)C(=O)[C@H]1[C@@]21C=C(Br)[C@@H]3O1. The predicted octanol–water partition coefficient (Wildman–Crippen LogP) is 5.63. The third-order valence-corrected chi connectivity index (χ3v) is 12.7. The number of esters is 1. The molecular formula is C42H53BrN4O7. The van der Waals surface area contributed by atoms with Crippen molar-refractivity contribution in [1.82, 2.24) is 9.80 Å². The molecule has 0 unspecified atom stereocenters. The third-order valence-electron chi connectivity index (χ3n) is 12.1. The average Bonchev–Trinajstić information content (AvgIpc) is 3.78. The fourth-order valence-electron chi connectivity index (χ4n) is 8.68. The van der Waals surface area contributed by atoms with Gasteiger partial charge in [0, 0.05) is 49.0 Å². The molecule has 1 spiro atoms. The number of hydrogen-bond donors (Lipinski definition) is 1. The fraction of sp³-hybridized carbons (Fsp3) is 0.524. The van der Waals surface area contributed by atoms with E-state index in [1.165, 1.54) is 4.90 Å². The summed E-state index contributed by atoms with van der Waals surface area (Å²) >= 11 is 3.65. The van der Waals surface area contributed by atoms with Gasteiger partial charge in [0.05, 0.1) is 24.6 Å². The molecular weight excluding hydrogens is 752 g/mol. The van der Waals surface area contributed by atoms with Crippen LogP contribution in [0.1, 0.15) is 65.5 Å². The van der Waals surface area contributed by atoms with E-state index in [1.807, 2.05) is 87.5 Å². The highest BCUT2D eigenvalue weighted by Crippen LogP contribution is 2.60. The molecule has 2 aromatic rings. The van der Waals surface area contributed by atoms with E-state index in [-0.39, 0.29) is 31.4 Å². The summed E-state index contributed by atoms with van der Waals surface area (Å²) in [6, 6.07) is 14.6. The van der Waals surface area contributed by atoms with Crippen LogP contribution in [0.4, 0.5) is 11.4 Å². The summed E-state index contributed by atoms with van der Waals surface area (Å²) < 4.78 is 13.7. The average molecular weight is 806 g/mol. The lowest BCUT2D eigenvalue weighted by molar-refractivity contribution is -0.164. The highest BCUT2D eigenvalue weighted by Gasteiger charge is 2.75. The first-order valence-corrected chi connectivity index (χ1v) is 20.0. The van der Waals surface area contributed by atoms with Gasteiger partial charge in [0.25, 0.3) is 5.91 Å². The summed E-state index contributed by atoms with van der Waals surface area (Å²) in [7, 11) is 1.71. The minimum Gasteiger partial charge on any atom is -0.455 e. The van der Waals surface area contributed by atoms with Crippen LogP contribution in [0.15, 0.2) is 77.3 Å². The number of halogens is 1. The van der Waals surface area contributed by atoms with E-state index >= 15 is 9.59 Å². The molecule has 4 aliphatic heterocycles. The number of anilines is 2. The van der Waals surface area contributed by atoms with Gasteiger partial charge in [-0.05, 0) is 69.0 Å². The molecule has 5 bridgehead atoms. The first kappa shape index (κ1) is 39.7. The van der Waals surface area contributed by atoms with E-state index in [2.05, 4.69) is 34.7 Å². The van der Waals surface area contributed by atoms with Crippen molar-refractivity contribution >= 4 is 51.0 Å². The van der Waals surface area contributed by atoms with Gasteiger partial charge in [0.15, 0.2) is 0 Å². The zero-order chi connectivity index (χ0) is 38.9. The maximum Gasteiger partial charge on any atom is 0.313 e. The molecule has 11 nitrogen and oxygen atoms in total. The van der Waals surface area contributed by atoms with Crippen LogP contribution < -0.4 is 9.80 Å². The molecule has 1 N–H and O–H groups in total. The van der Waals surface area contributed by atoms with Crippen LogP contribution in [0.5, 0.6) is 0 Å². The highest BCUT2D eigenvalue weighted by molar-refractivity contribution is 9.11. The van der Waals surface area contributed by atoms with Crippen LogP contribution in [-0.4, -0.2) is 102 Å². The van der Waals surface area contributed by atoms with Gasteiger partial charge in [-0.1, -0.05) is 78.7 Å². The highest BCUT2D eigenvalue weighted by atomic mass is 79.9. The van der Waals surface area contributed by atoms with E-state index in [0.717, 1.165) is 18.8 Å². The van der Waals surface area contributed by atoms with Crippen molar-refractivity contribution in [1.29, 1.82) is 0 Å². The quantitative estimate of drug-likeness (QED) is 0.256. The van der Waals surface area contributed by atoms with Crippen molar-refractivity contribution in [2.24, 2.45) is 17.8 Å². The van der Waals surface area contributed by atoms with E-state index in [1.54, 1.807) is 22.9 Å². The lowest BCUT2D eigenvalue weighted by Crippen LogP contribution is -2.59. The Balaban J connectivity index is 1.51. The maximum atomic E-state index is 15.4. The van der Waals surface area contributed by atoms with Crippen LogP contribution in [0.3, 0.4) is 0 Å². The van der Waals surface area contributed by atoms with Crippen molar-refractivity contribution in [2.45, 2.75) is 89.8 Å². The number of allylic oxidation sites excluding steroid dienone is 1. The molecule has 12 heteroatoms. The Kier molecular flexibility index (Phi) is 12.0. The molecule has 3 amide bonds. The van der Waals surface area contributed by atoms with E-state index in [9.17, 15) is 14.7 Å². The monoisotopic (exact) mass is 804 g/mol. The Labute approximate surface area is 327 Å². The van der Waals surface area contributed by atoms with Crippen molar-refractivity contribution in [3.05, 3.63) is 82.9 Å². The number of likely N-dealkylation sites (tertiary alicyclic amines) is 1. The number of aliphatic hydroxyl groups excluding tert-OH is 1. The topological polar surface area (TPSA) is 120 Å². The number of rotatable bonds is 9. The molecule has 0 radical (unpaired) electrons. The summed E-state index contributed by atoms with van der Waals surface area (Å²) in [6.45, 7) is 11.4. The molecule has 290 valence electrons. The maximum absolute atomic E-state index is 15.4. The van der Waals surface area contributed by atoms with Crippen LogP contribution >= 0.6 is 15.9 Å². The Morgan fingerprint density at radius 2 is 1.65 bits per heavy atom. The second-order valence-corrected chi connectivity index (χ2v) is 15.8. The van der Waals surface area contributed by atoms with Crippen molar-refractivity contribution in [3.8, 4) is 0 Å². The molecule has 4 heterocycles. The minimum atomic E-state index is -1.51. The van der Waals surface area contributed by atoms with Gasteiger partial charge < -0.3 is 34.2 Å². The number of carbonyl (C=O) groups excluding carboxylic acids is 4. The van der Waals surface area contributed by atoms with Crippen LogP contribution in [-0.2, 0) is 28.7 Å². The summed E-state index contributed by atoms with van der Waals surface area (Å²) in [5.74, 6) is -3.95. The van der Waals surface area contributed by atoms with Gasteiger partial charge in [0.1, 0.15) is 29.8 Å². The Morgan fingerprint density at radius 3 is 2.28 bits per heavy atom. The van der Waals surface area contributed by atoms with Gasteiger partial charge in [-0.15, -0.1) is 0 Å². The number of nitrogens with zero attached hydrogens (tertiary/aromatic N) is 4. The van der Waals surface area contributed by atoms with Crippen molar-refractivity contribution in [2.75, 3.05) is 43.1 Å². The number of fused-ring (bicyclic) bond motifs is 2. The van der Waals surface area contributed by atoms with Crippen LogP contribution in [0, 0.1) is 17.8 Å². The van der Waals surface area contributed by atoms with Crippen molar-refractivity contribution in [3.63, 3.8) is 0 Å². The number of amides is 3.